The number of benzene rings is 1. The van der Waals surface area contributed by atoms with Crippen molar-refractivity contribution in [1.82, 2.24) is 0 Å². The molecule has 0 radical (unpaired) electrons. The van der Waals surface area contributed by atoms with Gasteiger partial charge in [0.05, 0.1) is 10.6 Å². The predicted octanol–water partition coefficient (Wildman–Crippen LogP) is 4.64. The molecule has 1 heterocycles. The van der Waals surface area contributed by atoms with Crippen LogP contribution in [0.4, 0.5) is 19.5 Å². The van der Waals surface area contributed by atoms with Gasteiger partial charge in [0.25, 0.3) is 5.91 Å². The maximum absolute atomic E-state index is 12.7. The Balaban J connectivity index is 1.64. The molecule has 7 nitrogen and oxygen atoms in total. The van der Waals surface area contributed by atoms with Gasteiger partial charge in [-0.1, -0.05) is 11.6 Å². The lowest BCUT2D eigenvalue weighted by Gasteiger charge is -2.13. The molecule has 31 heavy (non-hydrogen) atoms. The molecule has 0 saturated carbocycles. The summed E-state index contributed by atoms with van der Waals surface area (Å²) in [5.74, 6) is -1.87. The molecule has 0 spiro atoms. The molecule has 0 fully saturated rings. The minimum absolute atomic E-state index is 0.111. The summed E-state index contributed by atoms with van der Waals surface area (Å²) >= 11 is 7.20. The zero-order valence-electron chi connectivity index (χ0n) is 16.4. The standard InChI is InChI=1S/C20H19ClF2N2O5S/c1-10(26)24-18-17(12-4-2-3-5-15(12)31-18)19(28)29-9-16(27)25-11-6-7-14(13(21)8-11)30-20(22)23/h6-8,20H,2-5,9H2,1H3,(H,24,26)(H,25,27). The molecule has 1 aromatic heterocycles. The first kappa shape index (κ1) is 23.0. The second kappa shape index (κ2) is 10.1. The van der Waals surface area contributed by atoms with E-state index < -0.39 is 25.1 Å². The summed E-state index contributed by atoms with van der Waals surface area (Å²) in [5.41, 5.74) is 1.37. The Labute approximate surface area is 185 Å². The summed E-state index contributed by atoms with van der Waals surface area (Å²) < 4.78 is 34.0. The van der Waals surface area contributed by atoms with Crippen molar-refractivity contribution in [1.29, 1.82) is 0 Å². The van der Waals surface area contributed by atoms with Crippen LogP contribution in [0.3, 0.4) is 0 Å². The van der Waals surface area contributed by atoms with E-state index in [0.29, 0.717) is 17.0 Å². The van der Waals surface area contributed by atoms with Crippen LogP contribution in [0.1, 0.15) is 40.6 Å². The second-order valence-electron chi connectivity index (χ2n) is 6.74. The quantitative estimate of drug-likeness (QED) is 0.573. The van der Waals surface area contributed by atoms with E-state index in [4.69, 9.17) is 16.3 Å². The number of carbonyl (C=O) groups is 3. The van der Waals surface area contributed by atoms with Crippen LogP contribution in [0, 0.1) is 0 Å². The summed E-state index contributed by atoms with van der Waals surface area (Å²) in [6, 6.07) is 3.75. The highest BCUT2D eigenvalue weighted by Gasteiger charge is 2.27. The summed E-state index contributed by atoms with van der Waals surface area (Å²) in [4.78, 5) is 37.4. The van der Waals surface area contributed by atoms with E-state index >= 15 is 0 Å². The fraction of sp³-hybridized carbons (Fsp3) is 0.350. The first-order valence-corrected chi connectivity index (χ1v) is 10.6. The number of anilines is 2. The average Bonchev–Trinajstić information content (AvgIpc) is 3.05. The van der Waals surface area contributed by atoms with Crippen LogP contribution in [-0.4, -0.2) is 31.0 Å². The summed E-state index contributed by atoms with van der Waals surface area (Å²) in [6.07, 6.45) is 3.46. The average molecular weight is 473 g/mol. The van der Waals surface area contributed by atoms with Crippen molar-refractivity contribution in [2.45, 2.75) is 39.2 Å². The van der Waals surface area contributed by atoms with Crippen molar-refractivity contribution >= 4 is 51.4 Å². The third-order valence-corrected chi connectivity index (χ3v) is 5.93. The Morgan fingerprint density at radius 2 is 1.94 bits per heavy atom. The van der Waals surface area contributed by atoms with Crippen LogP contribution < -0.4 is 15.4 Å². The van der Waals surface area contributed by atoms with Crippen LogP contribution in [0.25, 0.3) is 0 Å². The molecule has 11 heteroatoms. The van der Waals surface area contributed by atoms with Gasteiger partial charge in [0, 0.05) is 17.5 Å². The van der Waals surface area contributed by atoms with Crippen LogP contribution in [0.2, 0.25) is 5.02 Å². The maximum Gasteiger partial charge on any atom is 0.387 e. The first-order chi connectivity index (χ1) is 14.7. The van der Waals surface area contributed by atoms with Gasteiger partial charge >= 0.3 is 12.6 Å². The Kier molecular flexibility index (Phi) is 7.45. The molecule has 0 atom stereocenters. The smallest absolute Gasteiger partial charge is 0.387 e. The second-order valence-corrected chi connectivity index (χ2v) is 8.26. The highest BCUT2D eigenvalue weighted by Crippen LogP contribution is 2.38. The van der Waals surface area contributed by atoms with Crippen molar-refractivity contribution in [2.75, 3.05) is 17.2 Å². The van der Waals surface area contributed by atoms with E-state index in [-0.39, 0.29) is 22.4 Å². The first-order valence-electron chi connectivity index (χ1n) is 9.38. The minimum atomic E-state index is -3.03. The third kappa shape index (κ3) is 5.92. The van der Waals surface area contributed by atoms with E-state index in [1.165, 1.54) is 36.5 Å². The zero-order chi connectivity index (χ0) is 22.5. The number of thiophene rings is 1. The lowest BCUT2D eigenvalue weighted by Crippen LogP contribution is -2.22. The molecule has 3 rings (SSSR count). The number of carbonyl (C=O) groups excluding carboxylic acids is 3. The van der Waals surface area contributed by atoms with Crippen LogP contribution in [0.15, 0.2) is 18.2 Å². The van der Waals surface area contributed by atoms with Gasteiger partial charge in [0.15, 0.2) is 6.61 Å². The lowest BCUT2D eigenvalue weighted by atomic mass is 9.95. The molecule has 0 unspecified atom stereocenters. The normalized spacial score (nSPS) is 12.8. The molecule has 1 aromatic carbocycles. The van der Waals surface area contributed by atoms with Gasteiger partial charge in [-0.15, -0.1) is 11.3 Å². The number of halogens is 3. The molecule has 1 aliphatic rings. The molecule has 0 saturated heterocycles. The van der Waals surface area contributed by atoms with Gasteiger partial charge < -0.3 is 20.1 Å². The molecular weight excluding hydrogens is 454 g/mol. The van der Waals surface area contributed by atoms with Crippen molar-refractivity contribution in [3.63, 3.8) is 0 Å². The van der Waals surface area contributed by atoms with Gasteiger partial charge in [-0.2, -0.15) is 8.78 Å². The number of aryl methyl sites for hydroxylation is 1. The SMILES string of the molecule is CC(=O)Nc1sc2c(c1C(=O)OCC(=O)Nc1ccc(OC(F)F)c(Cl)c1)CCCC2. The highest BCUT2D eigenvalue weighted by atomic mass is 35.5. The van der Waals surface area contributed by atoms with E-state index in [0.717, 1.165) is 29.7 Å². The van der Waals surface area contributed by atoms with E-state index in [2.05, 4.69) is 15.4 Å². The number of amides is 2. The molecule has 1 aliphatic carbocycles. The molecule has 2 aromatic rings. The number of alkyl halides is 2. The predicted molar refractivity (Wildman–Crippen MR) is 112 cm³/mol. The molecular formula is C20H19ClF2N2O5S. The number of esters is 1. The van der Waals surface area contributed by atoms with Gasteiger partial charge in [-0.25, -0.2) is 4.79 Å². The Morgan fingerprint density at radius 1 is 1.19 bits per heavy atom. The molecule has 166 valence electrons. The van der Waals surface area contributed by atoms with Gasteiger partial charge in [-0.3, -0.25) is 9.59 Å². The number of nitrogens with one attached hydrogen (secondary N) is 2. The van der Waals surface area contributed by atoms with Crippen LogP contribution in [0.5, 0.6) is 5.75 Å². The van der Waals surface area contributed by atoms with E-state index in [1.807, 2.05) is 0 Å². The molecule has 2 N–H and O–H groups in total. The Hall–Kier alpha value is -2.72. The lowest BCUT2D eigenvalue weighted by molar-refractivity contribution is -0.119. The van der Waals surface area contributed by atoms with Crippen molar-refractivity contribution < 1.29 is 32.6 Å². The third-order valence-electron chi connectivity index (χ3n) is 4.43. The summed E-state index contributed by atoms with van der Waals surface area (Å²) in [6.45, 7) is -2.25. The number of ether oxygens (including phenoxy) is 2. The number of rotatable bonds is 7. The Morgan fingerprint density at radius 3 is 2.61 bits per heavy atom. The van der Waals surface area contributed by atoms with Crippen LogP contribution >= 0.6 is 22.9 Å². The highest BCUT2D eigenvalue weighted by molar-refractivity contribution is 7.17. The van der Waals surface area contributed by atoms with Crippen molar-refractivity contribution in [3.8, 4) is 5.75 Å². The largest absolute Gasteiger partial charge is 0.452 e. The van der Waals surface area contributed by atoms with E-state index in [9.17, 15) is 23.2 Å². The van der Waals surface area contributed by atoms with Gasteiger partial charge in [-0.05, 0) is 49.4 Å². The molecule has 0 aliphatic heterocycles. The van der Waals surface area contributed by atoms with Crippen molar-refractivity contribution in [3.05, 3.63) is 39.2 Å². The van der Waals surface area contributed by atoms with Gasteiger partial charge in [0.2, 0.25) is 5.91 Å². The molecule has 2 amide bonds. The monoisotopic (exact) mass is 472 g/mol. The zero-order valence-corrected chi connectivity index (χ0v) is 18.0. The summed E-state index contributed by atoms with van der Waals surface area (Å²) in [5, 5.41) is 5.44. The Bertz CT molecular complexity index is 1010. The number of hydrogen-bond donors (Lipinski definition) is 2. The van der Waals surface area contributed by atoms with E-state index in [1.54, 1.807) is 0 Å². The van der Waals surface area contributed by atoms with Crippen molar-refractivity contribution in [2.24, 2.45) is 0 Å². The molecule has 0 bridgehead atoms. The van der Waals surface area contributed by atoms with Crippen LogP contribution in [-0.2, 0) is 27.2 Å². The number of fused-ring (bicyclic) bond motifs is 1. The fourth-order valence-corrected chi connectivity index (χ4v) is 4.75. The van der Waals surface area contributed by atoms with Gasteiger partial charge in [0.1, 0.15) is 10.8 Å². The summed E-state index contributed by atoms with van der Waals surface area (Å²) in [7, 11) is 0. The maximum atomic E-state index is 12.7. The fourth-order valence-electron chi connectivity index (χ4n) is 3.20. The minimum Gasteiger partial charge on any atom is -0.452 e. The number of hydrogen-bond acceptors (Lipinski definition) is 6. The topological polar surface area (TPSA) is 93.7 Å².